The third kappa shape index (κ3) is 4.67. The van der Waals surface area contributed by atoms with Crippen molar-refractivity contribution >= 4 is 35.6 Å². The molecule has 23 heavy (non-hydrogen) atoms. The highest BCUT2D eigenvalue weighted by atomic mass is 35.5. The van der Waals surface area contributed by atoms with Crippen molar-refractivity contribution in [3.05, 3.63) is 22.4 Å². The highest BCUT2D eigenvalue weighted by Gasteiger charge is 2.27. The van der Waals surface area contributed by atoms with Gasteiger partial charge in [-0.2, -0.15) is 0 Å². The Kier molecular flexibility index (Phi) is 6.83. The zero-order valence-electron chi connectivity index (χ0n) is 12.9. The minimum atomic E-state index is -0.0213. The molecule has 8 heteroatoms. The monoisotopic (exact) mass is 359 g/mol. The van der Waals surface area contributed by atoms with E-state index in [0.29, 0.717) is 39.2 Å². The van der Waals surface area contributed by atoms with Crippen molar-refractivity contribution in [1.29, 1.82) is 0 Å². The van der Waals surface area contributed by atoms with Crippen LogP contribution in [-0.2, 0) is 9.53 Å². The van der Waals surface area contributed by atoms with Crippen LogP contribution < -0.4 is 5.32 Å². The highest BCUT2D eigenvalue weighted by Crippen LogP contribution is 2.14. The van der Waals surface area contributed by atoms with Crippen LogP contribution in [0.5, 0.6) is 0 Å². The molecule has 2 amide bonds. The molecular weight excluding hydrogens is 338 g/mol. The largest absolute Gasteiger partial charge is 0.375 e. The van der Waals surface area contributed by atoms with Gasteiger partial charge in [0.1, 0.15) is 0 Å². The quantitative estimate of drug-likeness (QED) is 0.868. The first-order chi connectivity index (χ1) is 10.7. The number of morpholine rings is 1. The predicted molar refractivity (Wildman–Crippen MR) is 91.3 cm³/mol. The van der Waals surface area contributed by atoms with Crippen LogP contribution >= 0.6 is 23.7 Å². The number of hydrogen-bond donors (Lipinski definition) is 1. The van der Waals surface area contributed by atoms with E-state index in [1.165, 1.54) is 11.3 Å². The summed E-state index contributed by atoms with van der Waals surface area (Å²) in [4.78, 5) is 29.0. The van der Waals surface area contributed by atoms with Gasteiger partial charge in [-0.3, -0.25) is 9.59 Å². The Morgan fingerprint density at radius 2 is 2.00 bits per heavy atom. The van der Waals surface area contributed by atoms with Crippen molar-refractivity contribution in [2.75, 3.05) is 45.9 Å². The Labute approximate surface area is 146 Å². The van der Waals surface area contributed by atoms with Crippen molar-refractivity contribution in [2.45, 2.75) is 12.5 Å². The fraction of sp³-hybridized carbons (Fsp3) is 0.600. The number of rotatable bonds is 3. The lowest BCUT2D eigenvalue weighted by molar-refractivity contribution is -0.136. The van der Waals surface area contributed by atoms with Crippen molar-refractivity contribution in [3.63, 3.8) is 0 Å². The number of piperazine rings is 1. The van der Waals surface area contributed by atoms with Gasteiger partial charge in [0.15, 0.2) is 0 Å². The summed E-state index contributed by atoms with van der Waals surface area (Å²) in [5, 5.41) is 5.14. The molecule has 0 aromatic carbocycles. The number of halogens is 1. The summed E-state index contributed by atoms with van der Waals surface area (Å²) in [6, 6.07) is 3.73. The van der Waals surface area contributed by atoms with E-state index in [9.17, 15) is 9.59 Å². The summed E-state index contributed by atoms with van der Waals surface area (Å²) < 4.78 is 5.57. The highest BCUT2D eigenvalue weighted by molar-refractivity contribution is 7.12. The van der Waals surface area contributed by atoms with E-state index in [1.54, 1.807) is 0 Å². The molecule has 3 rings (SSSR count). The molecule has 1 atom stereocenters. The Morgan fingerprint density at radius 1 is 1.26 bits per heavy atom. The molecule has 2 aliphatic heterocycles. The maximum absolute atomic E-state index is 12.3. The van der Waals surface area contributed by atoms with Gasteiger partial charge in [0.25, 0.3) is 5.91 Å². The van der Waals surface area contributed by atoms with Crippen LogP contribution in [0.2, 0.25) is 0 Å². The molecule has 0 bridgehead atoms. The fourth-order valence-electron chi connectivity index (χ4n) is 2.79. The maximum Gasteiger partial charge on any atom is 0.264 e. The number of carbonyl (C=O) groups is 2. The van der Waals surface area contributed by atoms with E-state index in [4.69, 9.17) is 4.74 Å². The second kappa shape index (κ2) is 8.63. The summed E-state index contributed by atoms with van der Waals surface area (Å²) >= 11 is 1.46. The molecular formula is C15H22ClN3O3S. The van der Waals surface area contributed by atoms with Gasteiger partial charge in [-0.05, 0) is 11.4 Å². The standard InChI is InChI=1S/C15H21N3O3S.ClH/c19-14(10-12-11-16-3-8-21-12)17-4-6-18(7-5-17)15(20)13-2-1-9-22-13;/h1-2,9,12,16H,3-8,10-11H2;1H. The smallest absolute Gasteiger partial charge is 0.264 e. The molecule has 2 saturated heterocycles. The van der Waals surface area contributed by atoms with Crippen LogP contribution in [-0.4, -0.2) is 73.6 Å². The SMILES string of the molecule is Cl.O=C(CC1CNCCO1)N1CCN(C(=O)c2cccs2)CC1. The Morgan fingerprint density at radius 3 is 2.61 bits per heavy atom. The molecule has 3 heterocycles. The van der Waals surface area contributed by atoms with E-state index in [-0.39, 0.29) is 30.3 Å². The lowest BCUT2D eigenvalue weighted by atomic mass is 10.2. The number of ether oxygens (including phenoxy) is 1. The third-order valence-corrected chi connectivity index (χ3v) is 4.92. The Balaban J connectivity index is 0.00000192. The fourth-order valence-corrected chi connectivity index (χ4v) is 3.48. The van der Waals surface area contributed by atoms with Gasteiger partial charge in [-0.1, -0.05) is 6.07 Å². The first-order valence-corrected chi connectivity index (χ1v) is 8.55. The summed E-state index contributed by atoms with van der Waals surface area (Å²) in [5.41, 5.74) is 0. The normalized spacial score (nSPS) is 21.7. The van der Waals surface area contributed by atoms with E-state index < -0.39 is 0 Å². The molecule has 1 unspecified atom stereocenters. The summed E-state index contributed by atoms with van der Waals surface area (Å²) in [7, 11) is 0. The van der Waals surface area contributed by atoms with Crippen molar-refractivity contribution in [2.24, 2.45) is 0 Å². The second-order valence-electron chi connectivity index (χ2n) is 5.55. The minimum absolute atomic E-state index is 0. The first-order valence-electron chi connectivity index (χ1n) is 7.67. The van der Waals surface area contributed by atoms with Gasteiger partial charge >= 0.3 is 0 Å². The summed E-state index contributed by atoms with van der Waals surface area (Å²) in [6.07, 6.45) is 0.401. The van der Waals surface area contributed by atoms with Crippen molar-refractivity contribution in [3.8, 4) is 0 Å². The van der Waals surface area contributed by atoms with Gasteiger partial charge in [0, 0.05) is 39.3 Å². The average Bonchev–Trinajstić information content (AvgIpc) is 3.10. The van der Waals surface area contributed by atoms with Crippen LogP contribution in [0.4, 0.5) is 0 Å². The van der Waals surface area contributed by atoms with Crippen LogP contribution in [0.1, 0.15) is 16.1 Å². The van der Waals surface area contributed by atoms with E-state index in [1.807, 2.05) is 27.3 Å². The second-order valence-corrected chi connectivity index (χ2v) is 6.50. The zero-order chi connectivity index (χ0) is 15.4. The molecule has 6 nitrogen and oxygen atoms in total. The number of hydrogen-bond acceptors (Lipinski definition) is 5. The van der Waals surface area contributed by atoms with Gasteiger partial charge in [-0.25, -0.2) is 0 Å². The third-order valence-electron chi connectivity index (χ3n) is 4.06. The van der Waals surface area contributed by atoms with Gasteiger partial charge in [-0.15, -0.1) is 23.7 Å². The van der Waals surface area contributed by atoms with E-state index in [2.05, 4.69) is 5.32 Å². The lowest BCUT2D eigenvalue weighted by Crippen LogP contribution is -2.51. The van der Waals surface area contributed by atoms with Gasteiger partial charge in [0.05, 0.1) is 24.0 Å². The minimum Gasteiger partial charge on any atom is -0.375 e. The predicted octanol–water partition coefficient (Wildman–Crippen LogP) is 0.833. The van der Waals surface area contributed by atoms with Gasteiger partial charge < -0.3 is 19.9 Å². The van der Waals surface area contributed by atoms with Crippen LogP contribution in [0, 0.1) is 0 Å². The lowest BCUT2D eigenvalue weighted by Gasteiger charge is -2.35. The van der Waals surface area contributed by atoms with Crippen molar-refractivity contribution in [1.82, 2.24) is 15.1 Å². The molecule has 2 fully saturated rings. The first kappa shape index (κ1) is 18.2. The molecule has 1 aromatic heterocycles. The number of nitrogens with zero attached hydrogens (tertiary/aromatic N) is 2. The molecule has 0 radical (unpaired) electrons. The molecule has 2 aliphatic rings. The summed E-state index contributed by atoms with van der Waals surface area (Å²) in [6.45, 7) is 4.68. The number of carbonyl (C=O) groups excluding carboxylic acids is 2. The van der Waals surface area contributed by atoms with Crippen LogP contribution in [0.3, 0.4) is 0 Å². The summed E-state index contributed by atoms with van der Waals surface area (Å²) in [5.74, 6) is 0.193. The topological polar surface area (TPSA) is 61.9 Å². The van der Waals surface area contributed by atoms with E-state index >= 15 is 0 Å². The Bertz CT molecular complexity index is 512. The number of amides is 2. The van der Waals surface area contributed by atoms with Crippen LogP contribution in [0.25, 0.3) is 0 Å². The Hall–Kier alpha value is -1.15. The maximum atomic E-state index is 12.3. The zero-order valence-corrected chi connectivity index (χ0v) is 14.5. The number of nitrogens with one attached hydrogen (secondary N) is 1. The molecule has 0 saturated carbocycles. The van der Waals surface area contributed by atoms with E-state index in [0.717, 1.165) is 18.0 Å². The van der Waals surface area contributed by atoms with Crippen LogP contribution in [0.15, 0.2) is 17.5 Å². The van der Waals surface area contributed by atoms with Crippen molar-refractivity contribution < 1.29 is 14.3 Å². The molecule has 1 aromatic rings. The molecule has 0 spiro atoms. The van der Waals surface area contributed by atoms with Gasteiger partial charge in [0.2, 0.25) is 5.91 Å². The molecule has 0 aliphatic carbocycles. The average molecular weight is 360 g/mol. The molecule has 128 valence electrons. The molecule has 1 N–H and O–H groups in total. The number of thiophene rings is 1.